The van der Waals surface area contributed by atoms with E-state index in [4.69, 9.17) is 4.98 Å². The van der Waals surface area contributed by atoms with E-state index in [1.165, 1.54) is 16.7 Å². The smallest absolute Gasteiger partial charge is 0.258 e. The average molecular weight is 390 g/mol. The van der Waals surface area contributed by atoms with Crippen molar-refractivity contribution in [1.29, 1.82) is 0 Å². The van der Waals surface area contributed by atoms with Crippen LogP contribution in [0.4, 0.5) is 0 Å². The van der Waals surface area contributed by atoms with Crippen molar-refractivity contribution in [3.8, 4) is 0 Å². The second kappa shape index (κ2) is 8.09. The van der Waals surface area contributed by atoms with Crippen molar-refractivity contribution in [3.05, 3.63) is 104 Å². The van der Waals surface area contributed by atoms with Crippen LogP contribution < -0.4 is 5.56 Å². The minimum atomic E-state index is -0.0145. The molecule has 0 aliphatic rings. The molecule has 0 aliphatic carbocycles. The summed E-state index contributed by atoms with van der Waals surface area (Å²) in [6.45, 7) is 6.34. The summed E-state index contributed by atoms with van der Waals surface area (Å²) in [5.41, 5.74) is 4.56. The summed E-state index contributed by atoms with van der Waals surface area (Å²) in [6, 6.07) is 20.7. The molecule has 2 aromatic heterocycles. The van der Waals surface area contributed by atoms with Crippen LogP contribution in [0.1, 0.15) is 27.3 Å². The van der Waals surface area contributed by atoms with Crippen LogP contribution >= 0.6 is 11.3 Å². The second-order valence-corrected chi connectivity index (χ2v) is 8.41. The van der Waals surface area contributed by atoms with Gasteiger partial charge in [-0.15, -0.1) is 11.3 Å². The standard InChI is InChI=1S/C23H23N3OS/c1-17-8-10-20(11-9-17)15-25(14-19-6-4-3-5-7-19)16-21-12-22(27)26-13-18(2)28-23(26)24-21/h3-13H,14-16H2,1-2H3. The second-order valence-electron chi connectivity index (χ2n) is 7.20. The number of hydrogen-bond donors (Lipinski definition) is 0. The molecule has 5 heteroatoms. The van der Waals surface area contributed by atoms with Crippen LogP contribution in [0.25, 0.3) is 4.96 Å². The summed E-state index contributed by atoms with van der Waals surface area (Å²) in [5, 5.41) is 0. The van der Waals surface area contributed by atoms with Gasteiger partial charge >= 0.3 is 0 Å². The molecule has 0 amide bonds. The minimum absolute atomic E-state index is 0.0145. The predicted molar refractivity (Wildman–Crippen MR) is 115 cm³/mol. The number of nitrogens with zero attached hydrogens (tertiary/aromatic N) is 3. The molecule has 0 saturated heterocycles. The van der Waals surface area contributed by atoms with Gasteiger partial charge in [-0.3, -0.25) is 14.1 Å². The van der Waals surface area contributed by atoms with Gasteiger partial charge in [-0.1, -0.05) is 60.2 Å². The first-order chi connectivity index (χ1) is 13.6. The zero-order valence-corrected chi connectivity index (χ0v) is 16.9. The fourth-order valence-corrected chi connectivity index (χ4v) is 4.18. The number of aromatic nitrogens is 2. The number of benzene rings is 2. The van der Waals surface area contributed by atoms with Gasteiger partial charge in [-0.2, -0.15) is 0 Å². The lowest BCUT2D eigenvalue weighted by Gasteiger charge is -2.22. The van der Waals surface area contributed by atoms with E-state index < -0.39 is 0 Å². The lowest BCUT2D eigenvalue weighted by atomic mass is 10.1. The summed E-state index contributed by atoms with van der Waals surface area (Å²) in [4.78, 5) is 21.4. The van der Waals surface area contributed by atoms with Crippen molar-refractivity contribution in [2.45, 2.75) is 33.5 Å². The maximum absolute atomic E-state index is 12.5. The van der Waals surface area contributed by atoms with Crippen LogP contribution in [0.3, 0.4) is 0 Å². The van der Waals surface area contributed by atoms with Gasteiger partial charge in [0.25, 0.3) is 5.56 Å². The van der Waals surface area contributed by atoms with Crippen LogP contribution in [0.5, 0.6) is 0 Å². The van der Waals surface area contributed by atoms with Crippen LogP contribution in [0, 0.1) is 13.8 Å². The molecule has 0 aliphatic heterocycles. The van der Waals surface area contributed by atoms with Crippen LogP contribution in [-0.4, -0.2) is 14.3 Å². The number of fused-ring (bicyclic) bond motifs is 1. The van der Waals surface area contributed by atoms with Crippen molar-refractivity contribution in [2.75, 3.05) is 0 Å². The molecule has 0 radical (unpaired) electrons. The van der Waals surface area contributed by atoms with E-state index in [1.807, 2.05) is 19.2 Å². The molecular weight excluding hydrogens is 366 g/mol. The molecular formula is C23H23N3OS. The molecule has 142 valence electrons. The highest BCUT2D eigenvalue weighted by molar-refractivity contribution is 7.16. The third kappa shape index (κ3) is 4.38. The number of rotatable bonds is 6. The van der Waals surface area contributed by atoms with E-state index in [1.54, 1.807) is 21.8 Å². The Hall–Kier alpha value is -2.76. The first-order valence-electron chi connectivity index (χ1n) is 9.37. The summed E-state index contributed by atoms with van der Waals surface area (Å²) in [6.07, 6.45) is 1.85. The van der Waals surface area contributed by atoms with Gasteiger partial charge in [0.15, 0.2) is 4.96 Å². The molecule has 28 heavy (non-hydrogen) atoms. The largest absolute Gasteiger partial charge is 0.289 e. The van der Waals surface area contributed by atoms with Crippen LogP contribution in [0.2, 0.25) is 0 Å². The fourth-order valence-electron chi connectivity index (χ4n) is 3.33. The van der Waals surface area contributed by atoms with Gasteiger partial charge in [-0.05, 0) is 25.0 Å². The maximum Gasteiger partial charge on any atom is 0.258 e. The Labute approximate surface area is 168 Å². The molecule has 0 spiro atoms. The van der Waals surface area contributed by atoms with Crippen molar-refractivity contribution in [3.63, 3.8) is 0 Å². The van der Waals surface area contributed by atoms with E-state index in [0.717, 1.165) is 28.6 Å². The van der Waals surface area contributed by atoms with Gasteiger partial charge in [0.2, 0.25) is 0 Å². The lowest BCUT2D eigenvalue weighted by Crippen LogP contribution is -2.24. The molecule has 2 aromatic carbocycles. The Morgan fingerprint density at radius 2 is 1.61 bits per heavy atom. The number of hydrogen-bond acceptors (Lipinski definition) is 4. The molecule has 0 bridgehead atoms. The summed E-state index contributed by atoms with van der Waals surface area (Å²) >= 11 is 1.55. The van der Waals surface area contributed by atoms with Crippen molar-refractivity contribution < 1.29 is 0 Å². The van der Waals surface area contributed by atoms with Gasteiger partial charge in [-0.25, -0.2) is 4.98 Å². The third-order valence-corrected chi connectivity index (χ3v) is 5.60. The Morgan fingerprint density at radius 3 is 2.32 bits per heavy atom. The highest BCUT2D eigenvalue weighted by Crippen LogP contribution is 2.16. The molecule has 0 saturated carbocycles. The Kier molecular flexibility index (Phi) is 5.37. The van der Waals surface area contributed by atoms with Gasteiger partial charge in [0.1, 0.15) is 0 Å². The topological polar surface area (TPSA) is 37.6 Å². The van der Waals surface area contributed by atoms with Crippen molar-refractivity contribution >= 4 is 16.3 Å². The zero-order chi connectivity index (χ0) is 19.5. The first kappa shape index (κ1) is 18.6. The highest BCUT2D eigenvalue weighted by Gasteiger charge is 2.12. The van der Waals surface area contributed by atoms with Crippen molar-refractivity contribution in [1.82, 2.24) is 14.3 Å². The van der Waals surface area contributed by atoms with E-state index in [0.29, 0.717) is 6.54 Å². The third-order valence-electron chi connectivity index (χ3n) is 4.70. The zero-order valence-electron chi connectivity index (χ0n) is 16.1. The Morgan fingerprint density at radius 1 is 0.929 bits per heavy atom. The molecule has 4 nitrogen and oxygen atoms in total. The van der Waals surface area contributed by atoms with Crippen LogP contribution in [-0.2, 0) is 19.6 Å². The van der Waals surface area contributed by atoms with E-state index in [2.05, 4.69) is 60.4 Å². The summed E-state index contributed by atoms with van der Waals surface area (Å²) in [5.74, 6) is 0. The fraction of sp³-hybridized carbons (Fsp3) is 0.217. The number of aryl methyl sites for hydroxylation is 2. The van der Waals surface area contributed by atoms with E-state index >= 15 is 0 Å². The molecule has 0 unspecified atom stereocenters. The molecule has 2 heterocycles. The summed E-state index contributed by atoms with van der Waals surface area (Å²) < 4.78 is 1.63. The first-order valence-corrected chi connectivity index (χ1v) is 10.2. The summed E-state index contributed by atoms with van der Waals surface area (Å²) in [7, 11) is 0. The van der Waals surface area contributed by atoms with E-state index in [9.17, 15) is 4.79 Å². The molecule has 0 atom stereocenters. The molecule has 0 fully saturated rings. The normalized spacial score (nSPS) is 11.4. The molecule has 4 aromatic rings. The SMILES string of the molecule is Cc1ccc(CN(Cc2ccccc2)Cc2cc(=O)n3cc(C)sc3n2)cc1. The van der Waals surface area contributed by atoms with Gasteiger partial charge < -0.3 is 0 Å². The van der Waals surface area contributed by atoms with Crippen molar-refractivity contribution in [2.24, 2.45) is 0 Å². The average Bonchev–Trinajstić information content (AvgIpc) is 3.05. The lowest BCUT2D eigenvalue weighted by molar-refractivity contribution is 0.244. The van der Waals surface area contributed by atoms with E-state index in [-0.39, 0.29) is 5.56 Å². The highest BCUT2D eigenvalue weighted by atomic mass is 32.1. The van der Waals surface area contributed by atoms with Crippen LogP contribution in [0.15, 0.2) is 71.7 Å². The molecule has 4 rings (SSSR count). The Bertz CT molecular complexity index is 1130. The molecule has 0 N–H and O–H groups in total. The maximum atomic E-state index is 12.5. The quantitative estimate of drug-likeness (QED) is 0.485. The van der Waals surface area contributed by atoms with Gasteiger partial charge in [0.05, 0.1) is 5.69 Å². The minimum Gasteiger partial charge on any atom is -0.289 e. The monoisotopic (exact) mass is 389 g/mol. The predicted octanol–water partition coefficient (Wildman–Crippen LogP) is 4.58. The van der Waals surface area contributed by atoms with Gasteiger partial charge in [0, 0.05) is 36.8 Å². The Balaban J connectivity index is 1.62. The number of thiazole rings is 1.